The molecule has 6 heteroatoms. The molecule has 164 valence electrons. The van der Waals surface area contributed by atoms with Crippen molar-refractivity contribution >= 4 is 11.8 Å². The maximum atomic E-state index is 12.9. The van der Waals surface area contributed by atoms with E-state index in [-0.39, 0.29) is 29.5 Å². The lowest BCUT2D eigenvalue weighted by Crippen LogP contribution is -2.48. The highest BCUT2D eigenvalue weighted by atomic mass is 16.6. The molecule has 1 rings (SSSR count). The van der Waals surface area contributed by atoms with E-state index in [0.29, 0.717) is 12.8 Å². The van der Waals surface area contributed by atoms with Crippen molar-refractivity contribution in [3.63, 3.8) is 0 Å². The lowest BCUT2D eigenvalue weighted by atomic mass is 9.74. The number of methoxy groups -OCH3 is 1. The number of hydrogen-bond acceptors (Lipinski definition) is 6. The van der Waals surface area contributed by atoms with E-state index in [9.17, 15) is 19.8 Å². The molecule has 0 saturated carbocycles. The summed E-state index contributed by atoms with van der Waals surface area (Å²) < 4.78 is 11.1. The zero-order chi connectivity index (χ0) is 21.8. The van der Waals surface area contributed by atoms with Crippen molar-refractivity contribution in [3.8, 4) is 0 Å². The van der Waals surface area contributed by atoms with E-state index in [0.717, 1.165) is 0 Å². The molecule has 10 atom stereocenters. The second kappa shape index (κ2) is 10.7. The minimum absolute atomic E-state index is 0.0200. The number of cyclic esters (lactones) is 1. The highest BCUT2D eigenvalue weighted by Crippen LogP contribution is 2.33. The normalized spacial score (nSPS) is 44.6. The molecule has 0 aromatic carbocycles. The molecule has 6 nitrogen and oxygen atoms in total. The van der Waals surface area contributed by atoms with Crippen LogP contribution in [0.5, 0.6) is 0 Å². The van der Waals surface area contributed by atoms with Gasteiger partial charge in [0, 0.05) is 18.9 Å². The predicted octanol–water partition coefficient (Wildman–Crippen LogP) is 2.83. The third-order valence-electron chi connectivity index (χ3n) is 6.97. The number of ether oxygens (including phenoxy) is 2. The molecule has 0 aliphatic carbocycles. The smallest absolute Gasteiger partial charge is 0.311 e. The Morgan fingerprint density at radius 1 is 0.964 bits per heavy atom. The lowest BCUT2D eigenvalue weighted by molar-refractivity contribution is -0.175. The summed E-state index contributed by atoms with van der Waals surface area (Å²) in [5, 5.41) is 21.6. The number of carbonyl (C=O) groups excluding carboxylic acids is 2. The monoisotopic (exact) mass is 400 g/mol. The number of Topliss-reactive ketones (excluding diaryl/α,β-unsaturated/α-hetero) is 1. The van der Waals surface area contributed by atoms with Crippen LogP contribution in [0.25, 0.3) is 0 Å². The first kappa shape index (κ1) is 25.1. The van der Waals surface area contributed by atoms with Crippen LogP contribution in [-0.2, 0) is 19.1 Å². The minimum atomic E-state index is -1.08. The SMILES string of the molecule is CCC1OC(=O)C(C)C(O)C(C)C(C)C(C)CC(C)C(=O)C(C)C(O)C1OC. The molecule has 1 aliphatic rings. The third kappa shape index (κ3) is 5.55. The Morgan fingerprint density at radius 3 is 2.04 bits per heavy atom. The molecule has 10 unspecified atom stereocenters. The zero-order valence-corrected chi connectivity index (χ0v) is 18.7. The summed E-state index contributed by atoms with van der Waals surface area (Å²) in [6.07, 6.45) is -2.32. The largest absolute Gasteiger partial charge is 0.459 e. The first-order chi connectivity index (χ1) is 13.0. The quantitative estimate of drug-likeness (QED) is 0.693. The molecule has 0 radical (unpaired) electrons. The van der Waals surface area contributed by atoms with Crippen LogP contribution >= 0.6 is 0 Å². The van der Waals surface area contributed by atoms with Crippen LogP contribution in [0, 0.1) is 35.5 Å². The Labute approximate surface area is 170 Å². The summed E-state index contributed by atoms with van der Waals surface area (Å²) in [7, 11) is 1.44. The van der Waals surface area contributed by atoms with Gasteiger partial charge in [-0.3, -0.25) is 9.59 Å². The van der Waals surface area contributed by atoms with E-state index in [1.807, 2.05) is 27.7 Å². The van der Waals surface area contributed by atoms with Gasteiger partial charge in [-0.2, -0.15) is 0 Å². The molecular formula is C22H40O6. The lowest BCUT2D eigenvalue weighted by Gasteiger charge is -2.36. The van der Waals surface area contributed by atoms with Crippen LogP contribution in [0.4, 0.5) is 0 Å². The molecule has 1 saturated heterocycles. The molecule has 0 spiro atoms. The van der Waals surface area contributed by atoms with Crippen molar-refractivity contribution < 1.29 is 29.3 Å². The second-order valence-corrected chi connectivity index (χ2v) is 8.88. The Bertz CT molecular complexity index is 521. The van der Waals surface area contributed by atoms with Gasteiger partial charge in [0.15, 0.2) is 0 Å². The molecule has 1 fully saturated rings. The van der Waals surface area contributed by atoms with E-state index >= 15 is 0 Å². The summed E-state index contributed by atoms with van der Waals surface area (Å²) in [4.78, 5) is 25.6. The first-order valence-electron chi connectivity index (χ1n) is 10.6. The predicted molar refractivity (Wildman–Crippen MR) is 108 cm³/mol. The van der Waals surface area contributed by atoms with E-state index in [1.54, 1.807) is 13.8 Å². The van der Waals surface area contributed by atoms with Gasteiger partial charge in [0.25, 0.3) is 0 Å². The summed E-state index contributed by atoms with van der Waals surface area (Å²) in [6, 6.07) is 0. The van der Waals surface area contributed by atoms with Gasteiger partial charge in [0.2, 0.25) is 0 Å². The maximum Gasteiger partial charge on any atom is 0.311 e. The standard InChI is InChI=1S/C22H40O6/c1-9-17-21(27-8)20(25)15(6)18(23)12(3)10-11(2)13(4)14(5)19(24)16(7)22(26)28-17/h11-17,19-21,24-25H,9-10H2,1-8H3. The van der Waals surface area contributed by atoms with Gasteiger partial charge in [0.05, 0.1) is 18.1 Å². The van der Waals surface area contributed by atoms with Crippen LogP contribution in [0.2, 0.25) is 0 Å². The second-order valence-electron chi connectivity index (χ2n) is 8.88. The van der Waals surface area contributed by atoms with Gasteiger partial charge in [0.1, 0.15) is 18.0 Å². The number of aliphatic hydroxyl groups is 2. The minimum Gasteiger partial charge on any atom is -0.459 e. The number of esters is 1. The van der Waals surface area contributed by atoms with Crippen LogP contribution < -0.4 is 0 Å². The third-order valence-corrected chi connectivity index (χ3v) is 6.97. The van der Waals surface area contributed by atoms with Crippen molar-refractivity contribution in [3.05, 3.63) is 0 Å². The van der Waals surface area contributed by atoms with Crippen LogP contribution in [0.3, 0.4) is 0 Å². The maximum absolute atomic E-state index is 12.9. The van der Waals surface area contributed by atoms with Crippen molar-refractivity contribution in [2.75, 3.05) is 7.11 Å². The molecule has 2 N–H and O–H groups in total. The topological polar surface area (TPSA) is 93.1 Å². The van der Waals surface area contributed by atoms with Gasteiger partial charge in [-0.15, -0.1) is 0 Å². The van der Waals surface area contributed by atoms with E-state index in [2.05, 4.69) is 6.92 Å². The van der Waals surface area contributed by atoms with Crippen LogP contribution in [-0.4, -0.2) is 53.5 Å². The number of rotatable bonds is 2. The highest BCUT2D eigenvalue weighted by molar-refractivity contribution is 5.83. The van der Waals surface area contributed by atoms with Crippen molar-refractivity contribution in [1.29, 1.82) is 0 Å². The van der Waals surface area contributed by atoms with E-state index < -0.39 is 42.2 Å². The van der Waals surface area contributed by atoms with Crippen molar-refractivity contribution in [1.82, 2.24) is 0 Å². The number of aliphatic hydroxyl groups excluding tert-OH is 2. The van der Waals surface area contributed by atoms with Gasteiger partial charge >= 0.3 is 5.97 Å². The first-order valence-corrected chi connectivity index (χ1v) is 10.6. The number of carbonyl (C=O) groups is 2. The fourth-order valence-corrected chi connectivity index (χ4v) is 4.36. The van der Waals surface area contributed by atoms with Crippen molar-refractivity contribution in [2.24, 2.45) is 35.5 Å². The number of hydrogen-bond donors (Lipinski definition) is 2. The summed E-state index contributed by atoms with van der Waals surface area (Å²) in [5.74, 6) is -1.88. The molecule has 1 heterocycles. The summed E-state index contributed by atoms with van der Waals surface area (Å²) in [6.45, 7) is 13.2. The van der Waals surface area contributed by atoms with Gasteiger partial charge in [-0.25, -0.2) is 0 Å². The Hall–Kier alpha value is -0.980. The molecular weight excluding hydrogens is 360 g/mol. The fraction of sp³-hybridized carbons (Fsp3) is 0.909. The van der Waals surface area contributed by atoms with Gasteiger partial charge in [-0.05, 0) is 37.5 Å². The molecule has 28 heavy (non-hydrogen) atoms. The van der Waals surface area contributed by atoms with Crippen molar-refractivity contribution in [2.45, 2.75) is 85.7 Å². The molecule has 0 amide bonds. The molecule has 0 aromatic heterocycles. The average Bonchev–Trinajstić information content (AvgIpc) is 2.68. The van der Waals surface area contributed by atoms with E-state index in [1.165, 1.54) is 7.11 Å². The summed E-state index contributed by atoms with van der Waals surface area (Å²) in [5.41, 5.74) is 0. The Balaban J connectivity index is 3.29. The molecule has 1 aliphatic heterocycles. The van der Waals surface area contributed by atoms with Crippen LogP contribution in [0.1, 0.15) is 61.3 Å². The van der Waals surface area contributed by atoms with Gasteiger partial charge in [-0.1, -0.05) is 41.5 Å². The zero-order valence-electron chi connectivity index (χ0n) is 18.7. The summed E-state index contributed by atoms with van der Waals surface area (Å²) >= 11 is 0. The highest BCUT2D eigenvalue weighted by Gasteiger charge is 2.41. The fourth-order valence-electron chi connectivity index (χ4n) is 4.36. The van der Waals surface area contributed by atoms with Crippen LogP contribution in [0.15, 0.2) is 0 Å². The number of ketones is 1. The van der Waals surface area contributed by atoms with E-state index in [4.69, 9.17) is 9.47 Å². The molecule has 0 aromatic rings. The Kier molecular flexibility index (Phi) is 9.57. The average molecular weight is 401 g/mol. The molecule has 0 bridgehead atoms. The van der Waals surface area contributed by atoms with Gasteiger partial charge < -0.3 is 19.7 Å². The Morgan fingerprint density at radius 2 is 1.54 bits per heavy atom.